The molecule has 1 aromatic rings. The molecule has 2 heterocycles. The van der Waals surface area contributed by atoms with Gasteiger partial charge in [0.25, 0.3) is 5.91 Å². The summed E-state index contributed by atoms with van der Waals surface area (Å²) in [5, 5.41) is 7.55. The van der Waals surface area contributed by atoms with Gasteiger partial charge in [0.15, 0.2) is 5.69 Å². The lowest BCUT2D eigenvalue weighted by Crippen LogP contribution is -2.35. The quantitative estimate of drug-likeness (QED) is 0.763. The van der Waals surface area contributed by atoms with E-state index in [9.17, 15) is 4.79 Å². The zero-order valence-corrected chi connectivity index (χ0v) is 9.94. The van der Waals surface area contributed by atoms with E-state index in [-0.39, 0.29) is 5.91 Å². The first kappa shape index (κ1) is 10.4. The van der Waals surface area contributed by atoms with Gasteiger partial charge in [0.2, 0.25) is 0 Å². The van der Waals surface area contributed by atoms with Crippen LogP contribution in [0.4, 0.5) is 0 Å². The highest BCUT2D eigenvalue weighted by Crippen LogP contribution is 2.16. The Morgan fingerprint density at radius 3 is 3.00 bits per heavy atom. The minimum absolute atomic E-state index is 0.0619. The van der Waals surface area contributed by atoms with Crippen LogP contribution in [0.1, 0.15) is 16.9 Å². The molecule has 0 atom stereocenters. The highest BCUT2D eigenvalue weighted by atomic mass is 79.9. The minimum atomic E-state index is -0.0619. The second kappa shape index (κ2) is 4.14. The standard InChI is InChI=1S/C9H11BrN4O/c1-13-6-8(11-12-13)9(15)14-4-2-3-7(10)5-14/h3,6H,2,4-5H2,1H3. The molecule has 0 saturated heterocycles. The van der Waals surface area contributed by atoms with Gasteiger partial charge in [-0.3, -0.25) is 9.48 Å². The molecule has 1 aliphatic rings. The van der Waals surface area contributed by atoms with E-state index in [4.69, 9.17) is 0 Å². The third-order valence-electron chi connectivity index (χ3n) is 2.22. The van der Waals surface area contributed by atoms with Crippen molar-refractivity contribution in [2.24, 2.45) is 7.05 Å². The second-order valence-corrected chi connectivity index (χ2v) is 4.46. The van der Waals surface area contributed by atoms with Gasteiger partial charge in [-0.25, -0.2) is 0 Å². The van der Waals surface area contributed by atoms with Gasteiger partial charge in [-0.1, -0.05) is 27.2 Å². The van der Waals surface area contributed by atoms with Crippen LogP contribution in [0, 0.1) is 0 Å². The molecule has 1 aliphatic heterocycles. The first-order valence-corrected chi connectivity index (χ1v) is 5.46. The molecular weight excluding hydrogens is 260 g/mol. The summed E-state index contributed by atoms with van der Waals surface area (Å²) in [5.41, 5.74) is 0.403. The van der Waals surface area contributed by atoms with E-state index in [0.29, 0.717) is 12.2 Å². The Kier molecular flexibility index (Phi) is 2.86. The van der Waals surface area contributed by atoms with Crippen molar-refractivity contribution in [1.82, 2.24) is 19.9 Å². The maximum Gasteiger partial charge on any atom is 0.276 e. The Morgan fingerprint density at radius 1 is 1.60 bits per heavy atom. The third-order valence-corrected chi connectivity index (χ3v) is 2.79. The highest BCUT2D eigenvalue weighted by molar-refractivity contribution is 9.11. The predicted octanol–water partition coefficient (Wildman–Crippen LogP) is 0.940. The molecule has 0 unspecified atom stereocenters. The van der Waals surface area contributed by atoms with E-state index in [1.54, 1.807) is 18.1 Å². The maximum absolute atomic E-state index is 11.9. The Hall–Kier alpha value is -1.17. The molecule has 80 valence electrons. The summed E-state index contributed by atoms with van der Waals surface area (Å²) in [6, 6.07) is 0. The highest BCUT2D eigenvalue weighted by Gasteiger charge is 2.20. The van der Waals surface area contributed by atoms with Gasteiger partial charge in [-0.15, -0.1) is 5.10 Å². The first-order valence-electron chi connectivity index (χ1n) is 4.67. The van der Waals surface area contributed by atoms with Crippen LogP contribution in [0.2, 0.25) is 0 Å². The monoisotopic (exact) mass is 270 g/mol. The Labute approximate surface area is 95.9 Å². The summed E-state index contributed by atoms with van der Waals surface area (Å²) in [7, 11) is 1.75. The number of carbonyl (C=O) groups excluding carboxylic acids is 1. The van der Waals surface area contributed by atoms with Crippen LogP contribution in [-0.2, 0) is 7.05 Å². The number of halogens is 1. The number of nitrogens with zero attached hydrogens (tertiary/aromatic N) is 4. The first-order chi connectivity index (χ1) is 7.16. The summed E-state index contributed by atoms with van der Waals surface area (Å²) in [5.74, 6) is -0.0619. The molecule has 0 aromatic carbocycles. The van der Waals surface area contributed by atoms with E-state index >= 15 is 0 Å². The fourth-order valence-electron chi connectivity index (χ4n) is 1.48. The van der Waals surface area contributed by atoms with E-state index in [1.807, 2.05) is 0 Å². The summed E-state index contributed by atoms with van der Waals surface area (Å²) in [6.45, 7) is 1.36. The predicted molar refractivity (Wildman–Crippen MR) is 58.5 cm³/mol. The van der Waals surface area contributed by atoms with Crippen LogP contribution < -0.4 is 0 Å². The Morgan fingerprint density at radius 2 is 2.40 bits per heavy atom. The van der Waals surface area contributed by atoms with Crippen molar-refractivity contribution in [2.45, 2.75) is 6.42 Å². The van der Waals surface area contributed by atoms with Crippen LogP contribution >= 0.6 is 15.9 Å². The molecule has 2 rings (SSSR count). The molecule has 5 nitrogen and oxygen atoms in total. The SMILES string of the molecule is Cn1cc(C(=O)N2CCC=C(Br)C2)nn1. The maximum atomic E-state index is 11.9. The molecule has 0 spiro atoms. The number of carbonyl (C=O) groups is 1. The largest absolute Gasteiger partial charge is 0.332 e. The molecular formula is C9H11BrN4O. The van der Waals surface area contributed by atoms with Crippen LogP contribution in [-0.4, -0.2) is 38.9 Å². The Bertz CT molecular complexity index is 412. The summed E-state index contributed by atoms with van der Waals surface area (Å²) < 4.78 is 2.58. The van der Waals surface area contributed by atoms with E-state index in [1.165, 1.54) is 4.68 Å². The normalized spacial score (nSPS) is 16.4. The number of hydrogen-bond donors (Lipinski definition) is 0. The van der Waals surface area contributed by atoms with Crippen LogP contribution in [0.15, 0.2) is 16.8 Å². The molecule has 0 bridgehead atoms. The van der Waals surface area contributed by atoms with Gasteiger partial charge in [0, 0.05) is 18.1 Å². The van der Waals surface area contributed by atoms with Crippen molar-refractivity contribution in [1.29, 1.82) is 0 Å². The van der Waals surface area contributed by atoms with Crippen molar-refractivity contribution < 1.29 is 4.79 Å². The Balaban J connectivity index is 2.12. The van der Waals surface area contributed by atoms with Crippen molar-refractivity contribution in [3.8, 4) is 0 Å². The van der Waals surface area contributed by atoms with E-state index < -0.39 is 0 Å². The minimum Gasteiger partial charge on any atom is -0.332 e. The zero-order chi connectivity index (χ0) is 10.8. The third kappa shape index (κ3) is 2.26. The molecule has 1 aromatic heterocycles. The average Bonchev–Trinajstić information content (AvgIpc) is 2.64. The number of rotatable bonds is 1. The fourth-order valence-corrected chi connectivity index (χ4v) is 2.02. The summed E-state index contributed by atoms with van der Waals surface area (Å²) in [4.78, 5) is 13.7. The van der Waals surface area contributed by atoms with Crippen molar-refractivity contribution in [3.05, 3.63) is 22.4 Å². The average molecular weight is 271 g/mol. The van der Waals surface area contributed by atoms with Gasteiger partial charge >= 0.3 is 0 Å². The molecule has 1 amide bonds. The summed E-state index contributed by atoms with van der Waals surface area (Å²) in [6.07, 6.45) is 4.60. The van der Waals surface area contributed by atoms with Crippen LogP contribution in [0.5, 0.6) is 0 Å². The second-order valence-electron chi connectivity index (χ2n) is 3.44. The van der Waals surface area contributed by atoms with Gasteiger partial charge in [0.1, 0.15) is 0 Å². The van der Waals surface area contributed by atoms with Crippen molar-refractivity contribution in [3.63, 3.8) is 0 Å². The molecule has 0 fully saturated rings. The smallest absolute Gasteiger partial charge is 0.276 e. The van der Waals surface area contributed by atoms with Gasteiger partial charge in [-0.2, -0.15) is 0 Å². The van der Waals surface area contributed by atoms with Gasteiger partial charge in [-0.05, 0) is 6.42 Å². The van der Waals surface area contributed by atoms with Crippen LogP contribution in [0.25, 0.3) is 0 Å². The molecule has 0 aliphatic carbocycles. The summed E-state index contributed by atoms with van der Waals surface area (Å²) >= 11 is 3.40. The fraction of sp³-hybridized carbons (Fsp3) is 0.444. The van der Waals surface area contributed by atoms with Crippen LogP contribution in [0.3, 0.4) is 0 Å². The van der Waals surface area contributed by atoms with Crippen molar-refractivity contribution >= 4 is 21.8 Å². The molecule has 0 N–H and O–H groups in total. The number of hydrogen-bond acceptors (Lipinski definition) is 3. The number of aromatic nitrogens is 3. The van der Waals surface area contributed by atoms with Crippen molar-refractivity contribution in [2.75, 3.05) is 13.1 Å². The number of aryl methyl sites for hydroxylation is 1. The zero-order valence-electron chi connectivity index (χ0n) is 8.35. The van der Waals surface area contributed by atoms with E-state index in [2.05, 4.69) is 32.3 Å². The number of amides is 1. The lowest BCUT2D eigenvalue weighted by molar-refractivity contribution is 0.0764. The molecule has 15 heavy (non-hydrogen) atoms. The van der Waals surface area contributed by atoms with Gasteiger partial charge in [0.05, 0.1) is 12.7 Å². The molecule has 0 saturated carbocycles. The molecule has 0 radical (unpaired) electrons. The molecule has 6 heteroatoms. The lowest BCUT2D eigenvalue weighted by atomic mass is 10.2. The lowest BCUT2D eigenvalue weighted by Gasteiger charge is -2.24. The topological polar surface area (TPSA) is 51.0 Å². The van der Waals surface area contributed by atoms with E-state index in [0.717, 1.165) is 17.4 Å². The van der Waals surface area contributed by atoms with Gasteiger partial charge < -0.3 is 4.90 Å².